The van der Waals surface area contributed by atoms with Crippen LogP contribution in [0, 0.1) is 0 Å². The van der Waals surface area contributed by atoms with Crippen molar-refractivity contribution >= 4 is 11.7 Å². The van der Waals surface area contributed by atoms with Gasteiger partial charge in [-0.05, 0) is 19.9 Å². The normalized spacial score (nSPS) is 13.5. The third-order valence-electron chi connectivity index (χ3n) is 1.17. The summed E-state index contributed by atoms with van der Waals surface area (Å²) >= 11 is 0. The summed E-state index contributed by atoms with van der Waals surface area (Å²) in [5.41, 5.74) is 16.1. The van der Waals surface area contributed by atoms with E-state index >= 15 is 0 Å². The van der Waals surface area contributed by atoms with Crippen molar-refractivity contribution in [3.8, 4) is 0 Å². The molecule has 0 bridgehead atoms. The number of rotatable bonds is 5. The van der Waals surface area contributed by atoms with Crippen LogP contribution in [0.3, 0.4) is 0 Å². The van der Waals surface area contributed by atoms with Crippen molar-refractivity contribution in [3.05, 3.63) is 0 Å². The molecule has 12 heavy (non-hydrogen) atoms. The van der Waals surface area contributed by atoms with Crippen LogP contribution in [0.2, 0.25) is 0 Å². The van der Waals surface area contributed by atoms with Gasteiger partial charge in [0, 0.05) is 6.54 Å². The molecule has 0 aliphatic carbocycles. The first-order valence-electron chi connectivity index (χ1n) is 3.92. The molecule has 0 radical (unpaired) electrons. The highest BCUT2D eigenvalue weighted by Gasteiger charge is 1.89. The highest BCUT2D eigenvalue weighted by Crippen LogP contribution is 1.79. The topological polar surface area (TPSA) is 103 Å². The molecule has 6 N–H and O–H groups in total. The standard InChI is InChI=1S/C7H17N5/c1-6(9)12-5-7(10)11-4-2-3-8/h2-5,8H2,1H3,(H2,9,12)(H2,10,11). The second-order valence-electron chi connectivity index (χ2n) is 2.47. The molecule has 0 heterocycles. The van der Waals surface area contributed by atoms with Gasteiger partial charge in [-0.25, -0.2) is 0 Å². The van der Waals surface area contributed by atoms with Crippen molar-refractivity contribution in [2.75, 3.05) is 19.6 Å². The molecule has 0 fully saturated rings. The van der Waals surface area contributed by atoms with Gasteiger partial charge < -0.3 is 17.2 Å². The second kappa shape index (κ2) is 6.60. The number of amidine groups is 2. The Hall–Kier alpha value is -1.10. The summed E-state index contributed by atoms with van der Waals surface area (Å²) in [4.78, 5) is 7.95. The summed E-state index contributed by atoms with van der Waals surface area (Å²) in [5, 5.41) is 0. The minimum absolute atomic E-state index is 0.382. The zero-order chi connectivity index (χ0) is 9.40. The summed E-state index contributed by atoms with van der Waals surface area (Å²) in [6.07, 6.45) is 0.853. The van der Waals surface area contributed by atoms with Crippen LogP contribution in [-0.4, -0.2) is 31.3 Å². The molecule has 0 rings (SSSR count). The Labute approximate surface area is 72.7 Å². The van der Waals surface area contributed by atoms with E-state index in [1.165, 1.54) is 0 Å². The minimum Gasteiger partial charge on any atom is -0.388 e. The van der Waals surface area contributed by atoms with Gasteiger partial charge in [0.05, 0.1) is 12.4 Å². The number of hydrogen-bond donors (Lipinski definition) is 3. The molecule has 0 aromatic rings. The van der Waals surface area contributed by atoms with Crippen molar-refractivity contribution in [2.24, 2.45) is 27.2 Å². The van der Waals surface area contributed by atoms with E-state index in [-0.39, 0.29) is 0 Å². The van der Waals surface area contributed by atoms with Crippen molar-refractivity contribution in [2.45, 2.75) is 13.3 Å². The fraction of sp³-hybridized carbons (Fsp3) is 0.714. The smallest absolute Gasteiger partial charge is 0.116 e. The van der Waals surface area contributed by atoms with Gasteiger partial charge in [0.2, 0.25) is 0 Å². The van der Waals surface area contributed by atoms with Crippen LogP contribution in [0.1, 0.15) is 13.3 Å². The SMILES string of the molecule is CC(N)=NCC(N)=NCCCN. The lowest BCUT2D eigenvalue weighted by atomic mass is 10.4. The van der Waals surface area contributed by atoms with E-state index in [0.717, 1.165) is 6.42 Å². The highest BCUT2D eigenvalue weighted by molar-refractivity contribution is 5.86. The van der Waals surface area contributed by atoms with Gasteiger partial charge in [-0.1, -0.05) is 0 Å². The van der Waals surface area contributed by atoms with Gasteiger partial charge in [0.25, 0.3) is 0 Å². The number of nitrogens with zero attached hydrogens (tertiary/aromatic N) is 2. The van der Waals surface area contributed by atoms with Crippen molar-refractivity contribution in [3.63, 3.8) is 0 Å². The maximum absolute atomic E-state index is 5.51. The zero-order valence-corrected chi connectivity index (χ0v) is 7.45. The maximum Gasteiger partial charge on any atom is 0.116 e. The van der Waals surface area contributed by atoms with Gasteiger partial charge in [-0.15, -0.1) is 0 Å². The molecule has 0 atom stereocenters. The lowest BCUT2D eigenvalue weighted by Crippen LogP contribution is -2.19. The van der Waals surface area contributed by atoms with Gasteiger partial charge in [-0.3, -0.25) is 9.98 Å². The fourth-order valence-electron chi connectivity index (χ4n) is 0.570. The van der Waals surface area contributed by atoms with Gasteiger partial charge in [0.15, 0.2) is 0 Å². The largest absolute Gasteiger partial charge is 0.388 e. The van der Waals surface area contributed by atoms with Crippen LogP contribution in [0.4, 0.5) is 0 Å². The van der Waals surface area contributed by atoms with Gasteiger partial charge in [0.1, 0.15) is 5.84 Å². The van der Waals surface area contributed by atoms with Crippen molar-refractivity contribution in [1.29, 1.82) is 0 Å². The summed E-state index contributed by atoms with van der Waals surface area (Å²) in [5.74, 6) is 1.03. The van der Waals surface area contributed by atoms with Crippen molar-refractivity contribution < 1.29 is 0 Å². The monoisotopic (exact) mass is 171 g/mol. The summed E-state index contributed by atoms with van der Waals surface area (Å²) in [6.45, 7) is 3.40. The van der Waals surface area contributed by atoms with Crippen LogP contribution >= 0.6 is 0 Å². The van der Waals surface area contributed by atoms with E-state index in [1.807, 2.05) is 0 Å². The molecular formula is C7H17N5. The molecule has 0 saturated heterocycles. The lowest BCUT2D eigenvalue weighted by molar-refractivity contribution is 0.841. The zero-order valence-electron chi connectivity index (χ0n) is 7.45. The molecule has 0 saturated carbocycles. The Morgan fingerprint density at radius 3 is 2.42 bits per heavy atom. The predicted octanol–water partition coefficient (Wildman–Crippen LogP) is -0.930. The average molecular weight is 171 g/mol. The molecule has 5 heteroatoms. The minimum atomic E-state index is 0.382. The molecule has 0 unspecified atom stereocenters. The summed E-state index contributed by atoms with van der Waals surface area (Å²) in [7, 11) is 0. The third-order valence-corrected chi connectivity index (χ3v) is 1.17. The second-order valence-corrected chi connectivity index (χ2v) is 2.47. The molecule has 0 amide bonds. The van der Waals surface area contributed by atoms with E-state index in [4.69, 9.17) is 17.2 Å². The molecule has 5 nitrogen and oxygen atoms in total. The van der Waals surface area contributed by atoms with Crippen molar-refractivity contribution in [1.82, 2.24) is 0 Å². The van der Waals surface area contributed by atoms with Crippen LogP contribution in [0.25, 0.3) is 0 Å². The van der Waals surface area contributed by atoms with E-state index < -0.39 is 0 Å². The Bertz CT molecular complexity index is 169. The number of nitrogens with two attached hydrogens (primary N) is 3. The Morgan fingerprint density at radius 2 is 1.92 bits per heavy atom. The Balaban J connectivity index is 3.63. The average Bonchev–Trinajstić information content (AvgIpc) is 2.01. The van der Waals surface area contributed by atoms with Gasteiger partial charge >= 0.3 is 0 Å². The molecule has 0 aromatic carbocycles. The molecule has 70 valence electrons. The van der Waals surface area contributed by atoms with E-state index in [1.54, 1.807) is 6.92 Å². The molecule has 0 spiro atoms. The van der Waals surface area contributed by atoms with E-state index in [9.17, 15) is 0 Å². The molecule has 0 aliphatic rings. The first-order valence-corrected chi connectivity index (χ1v) is 3.92. The molecule has 0 aromatic heterocycles. The molecular weight excluding hydrogens is 154 g/mol. The van der Waals surface area contributed by atoms with Crippen LogP contribution in [0.5, 0.6) is 0 Å². The van der Waals surface area contributed by atoms with Crippen LogP contribution in [0.15, 0.2) is 9.98 Å². The first-order chi connectivity index (χ1) is 5.66. The number of hydrogen-bond acceptors (Lipinski definition) is 3. The van der Waals surface area contributed by atoms with Crippen LogP contribution < -0.4 is 17.2 Å². The van der Waals surface area contributed by atoms with E-state index in [0.29, 0.717) is 31.3 Å². The predicted molar refractivity (Wildman–Crippen MR) is 52.3 cm³/mol. The van der Waals surface area contributed by atoms with Crippen LogP contribution in [-0.2, 0) is 0 Å². The number of aliphatic imine (C=N–C) groups is 2. The van der Waals surface area contributed by atoms with Gasteiger partial charge in [-0.2, -0.15) is 0 Å². The summed E-state index contributed by atoms with van der Waals surface area (Å²) < 4.78 is 0. The summed E-state index contributed by atoms with van der Waals surface area (Å²) in [6, 6.07) is 0. The quantitative estimate of drug-likeness (QED) is 0.283. The lowest BCUT2D eigenvalue weighted by Gasteiger charge is -1.96. The van der Waals surface area contributed by atoms with E-state index in [2.05, 4.69) is 9.98 Å². The maximum atomic E-state index is 5.51. The molecule has 0 aliphatic heterocycles. The third kappa shape index (κ3) is 7.01. The Kier molecular flexibility index (Phi) is 6.00. The first kappa shape index (κ1) is 10.9. The Morgan fingerprint density at radius 1 is 1.25 bits per heavy atom. The highest BCUT2D eigenvalue weighted by atomic mass is 14.9. The fourth-order valence-corrected chi connectivity index (χ4v) is 0.570.